The topological polar surface area (TPSA) is 82.0 Å². The minimum absolute atomic E-state index is 0.166. The first-order valence-electron chi connectivity index (χ1n) is 11.9. The van der Waals surface area contributed by atoms with E-state index in [-0.39, 0.29) is 5.56 Å². The lowest BCUT2D eigenvalue weighted by atomic mass is 9.97. The molecule has 2 atom stereocenters. The van der Waals surface area contributed by atoms with Crippen LogP contribution in [0.4, 0.5) is 8.78 Å². The predicted octanol–water partition coefficient (Wildman–Crippen LogP) is 3.18. The fraction of sp³-hybridized carbons (Fsp3) is 0.600. The van der Waals surface area contributed by atoms with Gasteiger partial charge in [0, 0.05) is 30.8 Å². The quantitative estimate of drug-likeness (QED) is 0.606. The van der Waals surface area contributed by atoms with Crippen molar-refractivity contribution in [3.63, 3.8) is 0 Å². The molecule has 0 amide bonds. The summed E-state index contributed by atoms with van der Waals surface area (Å²) in [5.74, 6) is 0.781. The molecule has 186 valence electrons. The van der Waals surface area contributed by atoms with Gasteiger partial charge in [-0.3, -0.25) is 4.90 Å². The standard InChI is InChI=1S/C25H34F2N4O3/c1-25(2,27)16-30-8-5-17(6-9-30)15-34-20-12-28-23(29-13-20)18-3-4-21(22(26)11-18)24(33)31-10-7-19(32)14-31/h3-4,11-13,17,19,24,32-33H,5-10,14-16H2,1-2H3/t19-,24?/m1/s1. The molecule has 1 aromatic carbocycles. The zero-order chi connectivity index (χ0) is 24.3. The molecule has 0 spiro atoms. The molecular formula is C25H34F2N4O3. The van der Waals surface area contributed by atoms with Crippen LogP contribution in [0.15, 0.2) is 30.6 Å². The average Bonchev–Trinajstić information content (AvgIpc) is 3.24. The largest absolute Gasteiger partial charge is 0.490 e. The molecule has 7 nitrogen and oxygen atoms in total. The Morgan fingerprint density at radius 3 is 2.44 bits per heavy atom. The highest BCUT2D eigenvalue weighted by Crippen LogP contribution is 2.28. The summed E-state index contributed by atoms with van der Waals surface area (Å²) in [7, 11) is 0. The lowest BCUT2D eigenvalue weighted by molar-refractivity contribution is 0.00777. The van der Waals surface area contributed by atoms with E-state index in [4.69, 9.17) is 4.74 Å². The van der Waals surface area contributed by atoms with Crippen molar-refractivity contribution < 1.29 is 23.7 Å². The van der Waals surface area contributed by atoms with Gasteiger partial charge in [-0.15, -0.1) is 0 Å². The Morgan fingerprint density at radius 1 is 1.15 bits per heavy atom. The number of aromatic nitrogens is 2. The maximum Gasteiger partial charge on any atom is 0.159 e. The number of piperidine rings is 1. The summed E-state index contributed by atoms with van der Waals surface area (Å²) in [6, 6.07) is 4.52. The predicted molar refractivity (Wildman–Crippen MR) is 124 cm³/mol. The zero-order valence-corrected chi connectivity index (χ0v) is 19.8. The molecule has 4 rings (SSSR count). The molecule has 0 saturated carbocycles. The van der Waals surface area contributed by atoms with Crippen molar-refractivity contribution in [1.29, 1.82) is 0 Å². The number of β-amino-alcohol motifs (C(OH)–C–C–N with tert-alkyl or cyclic N) is 1. The second kappa shape index (κ2) is 10.6. The second-order valence-electron chi connectivity index (χ2n) is 10.0. The third-order valence-electron chi connectivity index (χ3n) is 6.50. The number of alkyl halides is 1. The smallest absolute Gasteiger partial charge is 0.159 e. The number of aliphatic hydroxyl groups excluding tert-OH is 2. The Balaban J connectivity index is 1.29. The van der Waals surface area contributed by atoms with Crippen molar-refractivity contribution in [2.24, 2.45) is 5.92 Å². The second-order valence-corrected chi connectivity index (χ2v) is 10.0. The summed E-state index contributed by atoms with van der Waals surface area (Å²) in [6.45, 7) is 6.80. The molecule has 34 heavy (non-hydrogen) atoms. The van der Waals surface area contributed by atoms with E-state index in [1.165, 1.54) is 12.1 Å². The van der Waals surface area contributed by atoms with Crippen LogP contribution in [0.2, 0.25) is 0 Å². The van der Waals surface area contributed by atoms with Crippen molar-refractivity contribution in [2.75, 3.05) is 39.3 Å². The molecule has 2 fully saturated rings. The molecule has 2 saturated heterocycles. The maximum atomic E-state index is 14.7. The van der Waals surface area contributed by atoms with Gasteiger partial charge in [-0.05, 0) is 58.2 Å². The summed E-state index contributed by atoms with van der Waals surface area (Å²) >= 11 is 0. The Labute approximate surface area is 199 Å². The Kier molecular flexibility index (Phi) is 7.77. The van der Waals surface area contributed by atoms with Crippen molar-refractivity contribution in [3.8, 4) is 17.1 Å². The van der Waals surface area contributed by atoms with Crippen LogP contribution in [0.25, 0.3) is 11.4 Å². The summed E-state index contributed by atoms with van der Waals surface area (Å²) in [4.78, 5) is 12.4. The molecule has 9 heteroatoms. The van der Waals surface area contributed by atoms with Crippen molar-refractivity contribution in [1.82, 2.24) is 19.8 Å². The molecule has 3 heterocycles. The van der Waals surface area contributed by atoms with E-state index in [0.29, 0.717) is 55.7 Å². The number of halogens is 2. The highest BCUT2D eigenvalue weighted by Gasteiger charge is 2.28. The van der Waals surface area contributed by atoms with Crippen LogP contribution in [-0.4, -0.2) is 81.1 Å². The third-order valence-corrected chi connectivity index (χ3v) is 6.50. The van der Waals surface area contributed by atoms with E-state index in [1.54, 1.807) is 37.2 Å². The van der Waals surface area contributed by atoms with Gasteiger partial charge < -0.3 is 19.8 Å². The van der Waals surface area contributed by atoms with Crippen LogP contribution in [0.3, 0.4) is 0 Å². The van der Waals surface area contributed by atoms with Gasteiger partial charge in [-0.1, -0.05) is 12.1 Å². The van der Waals surface area contributed by atoms with Gasteiger partial charge in [-0.2, -0.15) is 0 Å². The van der Waals surface area contributed by atoms with Gasteiger partial charge in [0.25, 0.3) is 0 Å². The van der Waals surface area contributed by atoms with Crippen LogP contribution in [0.5, 0.6) is 5.75 Å². The summed E-state index contributed by atoms with van der Waals surface area (Å²) < 4.78 is 34.4. The molecule has 2 N–H and O–H groups in total. The van der Waals surface area contributed by atoms with E-state index in [9.17, 15) is 19.0 Å². The van der Waals surface area contributed by atoms with Crippen molar-refractivity contribution >= 4 is 0 Å². The van der Waals surface area contributed by atoms with E-state index in [1.807, 2.05) is 0 Å². The number of rotatable bonds is 8. The number of hydrogen-bond donors (Lipinski definition) is 2. The average molecular weight is 477 g/mol. The number of benzene rings is 1. The Hall–Kier alpha value is -2.20. The number of ether oxygens (including phenoxy) is 1. The van der Waals surface area contributed by atoms with Gasteiger partial charge >= 0.3 is 0 Å². The van der Waals surface area contributed by atoms with E-state index < -0.39 is 23.8 Å². The molecule has 2 aliphatic heterocycles. The maximum absolute atomic E-state index is 14.7. The molecule has 1 unspecified atom stereocenters. The first-order valence-corrected chi connectivity index (χ1v) is 11.9. The van der Waals surface area contributed by atoms with Crippen molar-refractivity contribution in [3.05, 3.63) is 42.0 Å². The van der Waals surface area contributed by atoms with E-state index in [2.05, 4.69) is 14.9 Å². The molecule has 1 aromatic heterocycles. The molecular weight excluding hydrogens is 442 g/mol. The lowest BCUT2D eigenvalue weighted by Crippen LogP contribution is -2.41. The molecule has 2 aliphatic rings. The minimum atomic E-state index is -1.18. The third kappa shape index (κ3) is 6.47. The van der Waals surface area contributed by atoms with Crippen LogP contribution >= 0.6 is 0 Å². The number of aliphatic hydroxyl groups is 2. The van der Waals surface area contributed by atoms with Crippen LogP contribution in [0, 0.1) is 11.7 Å². The first-order chi connectivity index (χ1) is 16.2. The highest BCUT2D eigenvalue weighted by molar-refractivity contribution is 5.55. The number of nitrogens with zero attached hydrogens (tertiary/aromatic N) is 4. The highest BCUT2D eigenvalue weighted by atomic mass is 19.1. The van der Waals surface area contributed by atoms with E-state index >= 15 is 0 Å². The van der Waals surface area contributed by atoms with Crippen LogP contribution in [0.1, 0.15) is 44.9 Å². The summed E-state index contributed by atoms with van der Waals surface area (Å²) in [6.07, 6.45) is 4.05. The van der Waals surface area contributed by atoms with Gasteiger partial charge in [0.2, 0.25) is 0 Å². The fourth-order valence-corrected chi connectivity index (χ4v) is 4.66. The summed E-state index contributed by atoms with van der Waals surface area (Å²) in [5.41, 5.74) is -0.508. The number of hydrogen-bond acceptors (Lipinski definition) is 7. The Bertz CT molecular complexity index is 946. The molecule has 0 radical (unpaired) electrons. The van der Waals surface area contributed by atoms with Crippen LogP contribution in [-0.2, 0) is 0 Å². The molecule has 2 aromatic rings. The zero-order valence-electron chi connectivity index (χ0n) is 19.8. The summed E-state index contributed by atoms with van der Waals surface area (Å²) in [5, 5.41) is 20.1. The first kappa shape index (κ1) is 24.9. The monoisotopic (exact) mass is 476 g/mol. The normalized spacial score (nSPS) is 21.6. The fourth-order valence-electron chi connectivity index (χ4n) is 4.66. The number of likely N-dealkylation sites (tertiary alicyclic amines) is 2. The van der Waals surface area contributed by atoms with Gasteiger partial charge in [-0.25, -0.2) is 18.7 Å². The SMILES string of the molecule is CC(C)(F)CN1CCC(COc2cnc(-c3ccc(C(O)N4CC[C@@H](O)C4)c(F)c3)nc2)CC1. The van der Waals surface area contributed by atoms with Gasteiger partial charge in [0.15, 0.2) is 11.6 Å². The molecule has 0 aliphatic carbocycles. The van der Waals surface area contributed by atoms with Gasteiger partial charge in [0.05, 0.1) is 25.1 Å². The Morgan fingerprint density at radius 2 is 1.85 bits per heavy atom. The van der Waals surface area contributed by atoms with Crippen molar-refractivity contribution in [2.45, 2.75) is 51.1 Å². The van der Waals surface area contributed by atoms with Gasteiger partial charge in [0.1, 0.15) is 17.7 Å². The van der Waals surface area contributed by atoms with E-state index in [0.717, 1.165) is 25.9 Å². The molecule has 0 bridgehead atoms. The minimum Gasteiger partial charge on any atom is -0.490 e. The lowest BCUT2D eigenvalue weighted by Gasteiger charge is -2.34. The van der Waals surface area contributed by atoms with Crippen LogP contribution < -0.4 is 4.74 Å².